The molecule has 0 aromatic heterocycles. The fourth-order valence-corrected chi connectivity index (χ4v) is 4.54. The third-order valence-electron chi connectivity index (χ3n) is 6.44. The van der Waals surface area contributed by atoms with E-state index in [1.165, 1.54) is 5.56 Å². The molecule has 2 saturated heterocycles. The molecule has 0 saturated carbocycles. The first-order valence-corrected chi connectivity index (χ1v) is 11.0. The molecular formula is C25H31N3O2. The molecule has 30 heavy (non-hydrogen) atoms. The third-order valence-corrected chi connectivity index (χ3v) is 6.44. The van der Waals surface area contributed by atoms with Crippen LogP contribution in [0, 0.1) is 12.8 Å². The number of carbonyl (C=O) groups is 2. The second-order valence-corrected chi connectivity index (χ2v) is 8.47. The molecule has 2 aliphatic heterocycles. The van der Waals surface area contributed by atoms with Gasteiger partial charge in [0.25, 0.3) is 5.91 Å². The van der Waals surface area contributed by atoms with E-state index in [0.717, 1.165) is 56.7 Å². The van der Waals surface area contributed by atoms with Crippen LogP contribution in [-0.2, 0) is 11.3 Å². The van der Waals surface area contributed by atoms with E-state index in [1.54, 1.807) is 0 Å². The largest absolute Gasteiger partial charge is 0.340 e. The predicted molar refractivity (Wildman–Crippen MR) is 118 cm³/mol. The minimum Gasteiger partial charge on any atom is -0.340 e. The Hall–Kier alpha value is -2.66. The number of amides is 2. The molecule has 0 radical (unpaired) electrons. The molecule has 5 heteroatoms. The number of likely N-dealkylation sites (tertiary alicyclic amines) is 1. The van der Waals surface area contributed by atoms with Crippen molar-refractivity contribution in [1.82, 2.24) is 14.7 Å². The van der Waals surface area contributed by atoms with Gasteiger partial charge in [0.2, 0.25) is 5.91 Å². The SMILES string of the molecule is Cc1ccccc1C(=O)N1CCC(C(=O)N2CCN(Cc3ccccc3)CC2)CC1. The quantitative estimate of drug-likeness (QED) is 0.785. The van der Waals surface area contributed by atoms with Crippen molar-refractivity contribution in [2.45, 2.75) is 26.3 Å². The standard InChI is InChI=1S/C25H31N3O2/c1-20-7-5-6-10-23(20)25(30)27-13-11-22(12-14-27)24(29)28-17-15-26(16-18-28)19-21-8-3-2-4-9-21/h2-10,22H,11-19H2,1H3. The number of aryl methyl sites for hydroxylation is 1. The maximum absolute atomic E-state index is 13.0. The zero-order valence-corrected chi connectivity index (χ0v) is 17.8. The molecule has 2 heterocycles. The Kier molecular flexibility index (Phi) is 6.48. The van der Waals surface area contributed by atoms with Crippen molar-refractivity contribution in [3.8, 4) is 0 Å². The third kappa shape index (κ3) is 4.73. The Morgan fingerprint density at radius 1 is 0.800 bits per heavy atom. The van der Waals surface area contributed by atoms with Crippen LogP contribution in [-0.4, -0.2) is 65.8 Å². The summed E-state index contributed by atoms with van der Waals surface area (Å²) in [5.74, 6) is 0.414. The molecule has 2 aliphatic rings. The summed E-state index contributed by atoms with van der Waals surface area (Å²) in [4.78, 5) is 32.2. The van der Waals surface area contributed by atoms with Crippen LogP contribution in [0.25, 0.3) is 0 Å². The van der Waals surface area contributed by atoms with Crippen molar-refractivity contribution in [2.75, 3.05) is 39.3 Å². The van der Waals surface area contributed by atoms with Crippen LogP contribution >= 0.6 is 0 Å². The minimum absolute atomic E-state index is 0.0478. The lowest BCUT2D eigenvalue weighted by Crippen LogP contribution is -2.51. The highest BCUT2D eigenvalue weighted by atomic mass is 16.2. The number of hydrogen-bond acceptors (Lipinski definition) is 3. The minimum atomic E-state index is 0.0478. The predicted octanol–water partition coefficient (Wildman–Crippen LogP) is 3.19. The van der Waals surface area contributed by atoms with Crippen LogP contribution in [0.15, 0.2) is 54.6 Å². The van der Waals surface area contributed by atoms with Crippen LogP contribution in [0.5, 0.6) is 0 Å². The van der Waals surface area contributed by atoms with Gasteiger partial charge in [0.1, 0.15) is 0 Å². The smallest absolute Gasteiger partial charge is 0.254 e. The molecule has 2 aromatic rings. The summed E-state index contributed by atoms with van der Waals surface area (Å²) in [7, 11) is 0. The highest BCUT2D eigenvalue weighted by Gasteiger charge is 2.32. The van der Waals surface area contributed by atoms with Crippen molar-refractivity contribution in [1.29, 1.82) is 0 Å². The van der Waals surface area contributed by atoms with E-state index in [4.69, 9.17) is 0 Å². The summed E-state index contributed by atoms with van der Waals surface area (Å²) in [6.45, 7) is 7.69. The highest BCUT2D eigenvalue weighted by Crippen LogP contribution is 2.23. The molecule has 0 aliphatic carbocycles. The Labute approximate surface area is 179 Å². The molecule has 158 valence electrons. The Bertz CT molecular complexity index is 867. The second kappa shape index (κ2) is 9.43. The van der Waals surface area contributed by atoms with Crippen molar-refractivity contribution in [2.24, 2.45) is 5.92 Å². The van der Waals surface area contributed by atoms with Gasteiger partial charge in [-0.1, -0.05) is 48.5 Å². The van der Waals surface area contributed by atoms with Gasteiger partial charge in [0.05, 0.1) is 0 Å². The van der Waals surface area contributed by atoms with Crippen molar-refractivity contribution < 1.29 is 9.59 Å². The van der Waals surface area contributed by atoms with Crippen LogP contribution in [0.4, 0.5) is 0 Å². The second-order valence-electron chi connectivity index (χ2n) is 8.47. The Balaban J connectivity index is 1.25. The Morgan fingerprint density at radius 3 is 2.10 bits per heavy atom. The Morgan fingerprint density at radius 2 is 1.43 bits per heavy atom. The molecular weight excluding hydrogens is 374 g/mol. The molecule has 0 atom stereocenters. The van der Waals surface area contributed by atoms with E-state index in [1.807, 2.05) is 47.1 Å². The van der Waals surface area contributed by atoms with Gasteiger partial charge in [-0.25, -0.2) is 0 Å². The van der Waals surface area contributed by atoms with Gasteiger partial charge in [0, 0.05) is 57.3 Å². The molecule has 0 spiro atoms. The van der Waals surface area contributed by atoms with E-state index >= 15 is 0 Å². The molecule has 0 bridgehead atoms. The van der Waals surface area contributed by atoms with Crippen LogP contribution in [0.3, 0.4) is 0 Å². The summed E-state index contributed by atoms with van der Waals surface area (Å²) >= 11 is 0. The number of piperidine rings is 1. The fourth-order valence-electron chi connectivity index (χ4n) is 4.54. The van der Waals surface area contributed by atoms with Crippen molar-refractivity contribution in [3.05, 3.63) is 71.3 Å². The van der Waals surface area contributed by atoms with Gasteiger partial charge in [-0.05, 0) is 37.0 Å². The van der Waals surface area contributed by atoms with Crippen molar-refractivity contribution >= 4 is 11.8 Å². The summed E-state index contributed by atoms with van der Waals surface area (Å²) in [5, 5.41) is 0. The maximum atomic E-state index is 13.0. The van der Waals surface area contributed by atoms with Gasteiger partial charge in [-0.15, -0.1) is 0 Å². The normalized spacial score (nSPS) is 18.4. The maximum Gasteiger partial charge on any atom is 0.254 e. The van der Waals surface area contributed by atoms with Crippen molar-refractivity contribution in [3.63, 3.8) is 0 Å². The summed E-state index contributed by atoms with van der Waals surface area (Å²) < 4.78 is 0. The van der Waals surface area contributed by atoms with Gasteiger partial charge in [-0.3, -0.25) is 14.5 Å². The van der Waals surface area contributed by atoms with E-state index in [0.29, 0.717) is 13.1 Å². The first-order valence-electron chi connectivity index (χ1n) is 11.0. The molecule has 0 unspecified atom stereocenters. The number of carbonyl (C=O) groups excluding carboxylic acids is 2. The first-order chi connectivity index (χ1) is 14.6. The number of benzene rings is 2. The average Bonchev–Trinajstić information content (AvgIpc) is 2.80. The lowest BCUT2D eigenvalue weighted by molar-refractivity contribution is -0.138. The number of rotatable bonds is 4. The molecule has 0 N–H and O–H groups in total. The lowest BCUT2D eigenvalue weighted by atomic mass is 9.94. The lowest BCUT2D eigenvalue weighted by Gasteiger charge is -2.38. The van der Waals surface area contributed by atoms with Gasteiger partial charge in [-0.2, -0.15) is 0 Å². The van der Waals surface area contributed by atoms with Crippen LogP contribution < -0.4 is 0 Å². The summed E-state index contributed by atoms with van der Waals surface area (Å²) in [6, 6.07) is 18.2. The highest BCUT2D eigenvalue weighted by molar-refractivity contribution is 5.95. The summed E-state index contributed by atoms with van der Waals surface area (Å²) in [5.41, 5.74) is 3.11. The van der Waals surface area contributed by atoms with E-state index in [9.17, 15) is 9.59 Å². The number of hydrogen-bond donors (Lipinski definition) is 0. The molecule has 4 rings (SSSR count). The van der Waals surface area contributed by atoms with E-state index in [2.05, 4.69) is 29.2 Å². The monoisotopic (exact) mass is 405 g/mol. The van der Waals surface area contributed by atoms with Crippen LogP contribution in [0.2, 0.25) is 0 Å². The van der Waals surface area contributed by atoms with Gasteiger partial charge < -0.3 is 9.80 Å². The van der Waals surface area contributed by atoms with E-state index < -0.39 is 0 Å². The number of piperazine rings is 1. The van der Waals surface area contributed by atoms with Gasteiger partial charge >= 0.3 is 0 Å². The van der Waals surface area contributed by atoms with E-state index in [-0.39, 0.29) is 17.7 Å². The molecule has 2 amide bonds. The zero-order valence-electron chi connectivity index (χ0n) is 17.8. The zero-order chi connectivity index (χ0) is 20.9. The number of nitrogens with zero attached hydrogens (tertiary/aromatic N) is 3. The topological polar surface area (TPSA) is 43.9 Å². The molecule has 2 aromatic carbocycles. The average molecular weight is 406 g/mol. The molecule has 5 nitrogen and oxygen atoms in total. The summed E-state index contributed by atoms with van der Waals surface area (Å²) in [6.07, 6.45) is 1.53. The first kappa shape index (κ1) is 20.6. The molecule has 2 fully saturated rings. The fraction of sp³-hybridized carbons (Fsp3) is 0.440. The van der Waals surface area contributed by atoms with Gasteiger partial charge in [0.15, 0.2) is 0 Å². The van der Waals surface area contributed by atoms with Crippen LogP contribution in [0.1, 0.15) is 34.3 Å².